The molecule has 3 heterocycles. The Bertz CT molecular complexity index is 759. The van der Waals surface area contributed by atoms with Crippen LogP contribution < -0.4 is 0 Å². The lowest BCUT2D eigenvalue weighted by Gasteiger charge is -2.34. The van der Waals surface area contributed by atoms with E-state index >= 15 is 0 Å². The average Bonchev–Trinajstić information content (AvgIpc) is 3.24. The van der Waals surface area contributed by atoms with Gasteiger partial charge in [0.05, 0.1) is 18.2 Å². The first-order valence-corrected chi connectivity index (χ1v) is 10.7. The van der Waals surface area contributed by atoms with Crippen molar-refractivity contribution in [3.63, 3.8) is 0 Å². The van der Waals surface area contributed by atoms with Gasteiger partial charge in [-0.05, 0) is 39.2 Å². The highest BCUT2D eigenvalue weighted by molar-refractivity contribution is 5.83. The van der Waals surface area contributed by atoms with E-state index in [2.05, 4.69) is 5.10 Å². The minimum atomic E-state index is -0.147. The van der Waals surface area contributed by atoms with Gasteiger partial charge < -0.3 is 14.7 Å². The standard InChI is InChI=1S/C21H33N5O3/c1-16-14-17(2)26(22-16)13-12-23(3)21(29)18-7-8-20(28)25(15-18)11-5-10-24-9-4-6-19(24)27/h14,18H,4-13,15H2,1-3H3/t18-/m0/s1. The maximum absolute atomic E-state index is 12.9. The number of hydrogen-bond donors (Lipinski definition) is 0. The molecule has 0 saturated carbocycles. The molecule has 2 saturated heterocycles. The first-order valence-electron chi connectivity index (χ1n) is 10.7. The molecule has 1 atom stereocenters. The second kappa shape index (κ2) is 9.41. The summed E-state index contributed by atoms with van der Waals surface area (Å²) < 4.78 is 1.93. The number of aromatic nitrogens is 2. The zero-order valence-corrected chi connectivity index (χ0v) is 17.9. The second-order valence-electron chi connectivity index (χ2n) is 8.32. The van der Waals surface area contributed by atoms with E-state index in [1.807, 2.05) is 41.4 Å². The Kier molecular flexibility index (Phi) is 6.92. The highest BCUT2D eigenvalue weighted by atomic mass is 16.2. The van der Waals surface area contributed by atoms with E-state index in [4.69, 9.17) is 0 Å². The number of likely N-dealkylation sites (N-methyl/N-ethyl adjacent to an activating group) is 1. The SMILES string of the molecule is Cc1cc(C)n(CCN(C)C(=O)[C@H]2CCC(=O)N(CCCN3CCCC3=O)C2)n1. The molecule has 0 radical (unpaired) electrons. The van der Waals surface area contributed by atoms with Crippen molar-refractivity contribution in [1.29, 1.82) is 0 Å². The molecule has 1 aromatic heterocycles. The summed E-state index contributed by atoms with van der Waals surface area (Å²) in [7, 11) is 1.83. The molecule has 8 heteroatoms. The third kappa shape index (κ3) is 5.36. The average molecular weight is 404 g/mol. The van der Waals surface area contributed by atoms with Gasteiger partial charge in [-0.15, -0.1) is 0 Å². The number of hydrogen-bond acceptors (Lipinski definition) is 4. The van der Waals surface area contributed by atoms with Crippen LogP contribution in [0.3, 0.4) is 0 Å². The predicted molar refractivity (Wildman–Crippen MR) is 109 cm³/mol. The maximum atomic E-state index is 12.9. The summed E-state index contributed by atoms with van der Waals surface area (Å²) in [6, 6.07) is 2.03. The first-order chi connectivity index (χ1) is 13.8. The molecular weight excluding hydrogens is 370 g/mol. The van der Waals surface area contributed by atoms with Crippen LogP contribution >= 0.6 is 0 Å². The van der Waals surface area contributed by atoms with Gasteiger partial charge in [-0.1, -0.05) is 0 Å². The lowest BCUT2D eigenvalue weighted by molar-refractivity contribution is -0.142. The second-order valence-corrected chi connectivity index (χ2v) is 8.32. The van der Waals surface area contributed by atoms with E-state index in [-0.39, 0.29) is 23.6 Å². The Morgan fingerprint density at radius 2 is 1.86 bits per heavy atom. The number of aryl methyl sites for hydroxylation is 2. The van der Waals surface area contributed by atoms with Gasteiger partial charge in [0.2, 0.25) is 17.7 Å². The van der Waals surface area contributed by atoms with Crippen molar-refractivity contribution in [2.45, 2.75) is 52.5 Å². The monoisotopic (exact) mass is 403 g/mol. The fourth-order valence-corrected chi connectivity index (χ4v) is 4.29. The Morgan fingerprint density at radius 1 is 1.14 bits per heavy atom. The number of likely N-dealkylation sites (tertiary alicyclic amines) is 2. The number of nitrogens with zero attached hydrogens (tertiary/aromatic N) is 5. The van der Waals surface area contributed by atoms with E-state index in [0.717, 1.165) is 30.8 Å². The minimum absolute atomic E-state index is 0.0961. The molecule has 2 fully saturated rings. The predicted octanol–water partition coefficient (Wildman–Crippen LogP) is 1.21. The van der Waals surface area contributed by atoms with Gasteiger partial charge >= 0.3 is 0 Å². The van der Waals surface area contributed by atoms with Crippen molar-refractivity contribution in [2.75, 3.05) is 39.8 Å². The van der Waals surface area contributed by atoms with Crippen molar-refractivity contribution >= 4 is 17.7 Å². The van der Waals surface area contributed by atoms with Gasteiger partial charge in [-0.2, -0.15) is 5.10 Å². The Hall–Kier alpha value is -2.38. The smallest absolute Gasteiger partial charge is 0.227 e. The molecule has 0 unspecified atom stereocenters. The maximum Gasteiger partial charge on any atom is 0.227 e. The molecule has 160 valence electrons. The Balaban J connectivity index is 1.46. The lowest BCUT2D eigenvalue weighted by Crippen LogP contribution is -2.47. The van der Waals surface area contributed by atoms with Gasteiger partial charge in [0, 0.05) is 58.3 Å². The van der Waals surface area contributed by atoms with Crippen molar-refractivity contribution in [2.24, 2.45) is 5.92 Å². The van der Waals surface area contributed by atoms with Crippen molar-refractivity contribution < 1.29 is 14.4 Å². The molecule has 1 aromatic rings. The summed E-state index contributed by atoms with van der Waals surface area (Å²) in [4.78, 5) is 42.3. The number of amides is 3. The van der Waals surface area contributed by atoms with Crippen LogP contribution in [-0.4, -0.2) is 82.0 Å². The van der Waals surface area contributed by atoms with Crippen LogP contribution in [0.4, 0.5) is 0 Å². The minimum Gasteiger partial charge on any atom is -0.344 e. The molecule has 0 aromatic carbocycles. The molecule has 0 bridgehead atoms. The molecule has 8 nitrogen and oxygen atoms in total. The lowest BCUT2D eigenvalue weighted by atomic mass is 9.96. The summed E-state index contributed by atoms with van der Waals surface area (Å²) in [6.07, 6.45) is 3.38. The van der Waals surface area contributed by atoms with E-state index in [0.29, 0.717) is 52.0 Å². The number of carbonyl (C=O) groups excluding carboxylic acids is 3. The van der Waals surface area contributed by atoms with Crippen molar-refractivity contribution in [1.82, 2.24) is 24.5 Å². The van der Waals surface area contributed by atoms with Crippen LogP contribution in [0.15, 0.2) is 6.07 Å². The highest BCUT2D eigenvalue weighted by Crippen LogP contribution is 2.20. The molecule has 29 heavy (non-hydrogen) atoms. The van der Waals surface area contributed by atoms with Gasteiger partial charge in [-0.3, -0.25) is 19.1 Å². The molecule has 2 aliphatic rings. The zero-order valence-electron chi connectivity index (χ0n) is 17.9. The third-order valence-corrected chi connectivity index (χ3v) is 6.00. The van der Waals surface area contributed by atoms with Crippen LogP contribution in [-0.2, 0) is 20.9 Å². The van der Waals surface area contributed by atoms with E-state index < -0.39 is 0 Å². The molecule has 0 aliphatic carbocycles. The molecule has 0 spiro atoms. The van der Waals surface area contributed by atoms with E-state index in [1.165, 1.54) is 0 Å². The fourth-order valence-electron chi connectivity index (χ4n) is 4.29. The first kappa shape index (κ1) is 21.3. The molecule has 2 aliphatic heterocycles. The summed E-state index contributed by atoms with van der Waals surface area (Å²) >= 11 is 0. The van der Waals surface area contributed by atoms with Crippen LogP contribution in [0.1, 0.15) is 43.5 Å². The van der Waals surface area contributed by atoms with Gasteiger partial charge in [0.25, 0.3) is 0 Å². The summed E-state index contributed by atoms with van der Waals surface area (Å²) in [5, 5.41) is 4.45. The van der Waals surface area contributed by atoms with Crippen molar-refractivity contribution in [3.8, 4) is 0 Å². The van der Waals surface area contributed by atoms with Gasteiger partial charge in [0.1, 0.15) is 0 Å². The van der Waals surface area contributed by atoms with Crippen LogP contribution in [0.2, 0.25) is 0 Å². The van der Waals surface area contributed by atoms with Crippen molar-refractivity contribution in [3.05, 3.63) is 17.5 Å². The van der Waals surface area contributed by atoms with E-state index in [1.54, 1.807) is 4.90 Å². The summed E-state index contributed by atoms with van der Waals surface area (Å²) in [5.41, 5.74) is 2.07. The van der Waals surface area contributed by atoms with Gasteiger partial charge in [0.15, 0.2) is 0 Å². The number of piperidine rings is 1. The molecular formula is C21H33N5O3. The summed E-state index contributed by atoms with van der Waals surface area (Å²) in [5.74, 6) is 0.282. The normalized spacial score (nSPS) is 19.9. The third-order valence-electron chi connectivity index (χ3n) is 6.00. The topological polar surface area (TPSA) is 78.8 Å². The van der Waals surface area contributed by atoms with Gasteiger partial charge in [-0.25, -0.2) is 0 Å². The largest absolute Gasteiger partial charge is 0.344 e. The molecule has 3 rings (SSSR count). The molecule has 3 amide bonds. The Morgan fingerprint density at radius 3 is 2.52 bits per heavy atom. The molecule has 0 N–H and O–H groups in total. The summed E-state index contributed by atoms with van der Waals surface area (Å²) in [6.45, 7) is 7.87. The van der Waals surface area contributed by atoms with Crippen LogP contribution in [0.25, 0.3) is 0 Å². The zero-order chi connectivity index (χ0) is 21.0. The van der Waals surface area contributed by atoms with E-state index in [9.17, 15) is 14.4 Å². The van der Waals surface area contributed by atoms with Crippen LogP contribution in [0, 0.1) is 19.8 Å². The fraction of sp³-hybridized carbons (Fsp3) is 0.714. The number of rotatable bonds is 8. The Labute approximate surface area is 172 Å². The number of carbonyl (C=O) groups is 3. The highest BCUT2D eigenvalue weighted by Gasteiger charge is 2.31. The van der Waals surface area contributed by atoms with Crippen LogP contribution in [0.5, 0.6) is 0 Å². The quantitative estimate of drug-likeness (QED) is 0.654.